The van der Waals surface area contributed by atoms with Gasteiger partial charge in [0.05, 0.1) is 20.3 Å². The van der Waals surface area contributed by atoms with E-state index in [9.17, 15) is 9.59 Å². The molecule has 0 aliphatic carbocycles. The van der Waals surface area contributed by atoms with E-state index in [4.69, 9.17) is 14.3 Å². The van der Waals surface area contributed by atoms with Crippen LogP contribution >= 0.6 is 0 Å². The highest BCUT2D eigenvalue weighted by Gasteiger charge is 2.61. The molecule has 1 saturated heterocycles. The molecule has 1 heterocycles. The van der Waals surface area contributed by atoms with Gasteiger partial charge in [0.1, 0.15) is 6.10 Å². The standard InChI is InChI=1S/C27H27NO5/c1-31-25(29)27(26(30)32-2)18-23(21-14-8-4-9-15-21)33-28(19-20-12-6-3-7-13-20)24(27)22-16-10-5-11-17-22/h3-17,23-24H,18-19H2,1-2H3/t23-,24-/m1/s1. The van der Waals surface area contributed by atoms with Crippen LogP contribution in [0.4, 0.5) is 0 Å². The Morgan fingerprint density at radius 3 is 1.82 bits per heavy atom. The first-order valence-electron chi connectivity index (χ1n) is 10.8. The molecule has 0 saturated carbocycles. The van der Waals surface area contributed by atoms with Gasteiger partial charge in [-0.25, -0.2) is 0 Å². The van der Waals surface area contributed by atoms with Crippen LogP contribution in [0.25, 0.3) is 0 Å². The Bertz CT molecular complexity index is 1060. The van der Waals surface area contributed by atoms with E-state index < -0.39 is 29.5 Å². The van der Waals surface area contributed by atoms with E-state index in [1.165, 1.54) is 14.2 Å². The lowest BCUT2D eigenvalue weighted by atomic mass is 9.70. The van der Waals surface area contributed by atoms with Crippen LogP contribution in [-0.4, -0.2) is 31.2 Å². The number of hydrogen-bond donors (Lipinski definition) is 0. The van der Waals surface area contributed by atoms with E-state index >= 15 is 0 Å². The first kappa shape index (κ1) is 22.7. The molecule has 33 heavy (non-hydrogen) atoms. The molecular formula is C27H27NO5. The Kier molecular flexibility index (Phi) is 6.87. The lowest BCUT2D eigenvalue weighted by Gasteiger charge is -2.48. The second kappa shape index (κ2) is 9.98. The van der Waals surface area contributed by atoms with Gasteiger partial charge >= 0.3 is 11.9 Å². The highest BCUT2D eigenvalue weighted by atomic mass is 16.7. The van der Waals surface area contributed by atoms with E-state index in [0.717, 1.165) is 16.7 Å². The molecule has 0 spiro atoms. The number of ether oxygens (including phenoxy) is 2. The molecule has 170 valence electrons. The van der Waals surface area contributed by atoms with Crippen molar-refractivity contribution in [3.63, 3.8) is 0 Å². The number of hydrogen-bond acceptors (Lipinski definition) is 6. The summed E-state index contributed by atoms with van der Waals surface area (Å²) < 4.78 is 10.5. The summed E-state index contributed by atoms with van der Waals surface area (Å²) >= 11 is 0. The van der Waals surface area contributed by atoms with E-state index in [0.29, 0.717) is 6.54 Å². The number of methoxy groups -OCH3 is 2. The van der Waals surface area contributed by atoms with Crippen molar-refractivity contribution in [1.29, 1.82) is 0 Å². The molecule has 1 fully saturated rings. The molecular weight excluding hydrogens is 418 g/mol. The minimum absolute atomic E-state index is 0.0845. The topological polar surface area (TPSA) is 65.1 Å². The largest absolute Gasteiger partial charge is 0.468 e. The smallest absolute Gasteiger partial charge is 0.325 e. The van der Waals surface area contributed by atoms with Crippen molar-refractivity contribution in [2.75, 3.05) is 14.2 Å². The third kappa shape index (κ3) is 4.40. The summed E-state index contributed by atoms with van der Waals surface area (Å²) in [4.78, 5) is 33.4. The highest BCUT2D eigenvalue weighted by molar-refractivity contribution is 6.01. The Hall–Kier alpha value is -3.48. The van der Waals surface area contributed by atoms with Gasteiger partial charge in [-0.05, 0) is 16.7 Å². The van der Waals surface area contributed by atoms with Gasteiger partial charge < -0.3 is 9.47 Å². The zero-order valence-corrected chi connectivity index (χ0v) is 18.7. The molecule has 0 N–H and O–H groups in total. The molecule has 0 aromatic heterocycles. The monoisotopic (exact) mass is 445 g/mol. The summed E-state index contributed by atoms with van der Waals surface area (Å²) in [6.07, 6.45) is -0.464. The van der Waals surface area contributed by atoms with Crippen LogP contribution < -0.4 is 0 Å². The number of carbonyl (C=O) groups is 2. The maximum atomic E-state index is 13.4. The van der Waals surface area contributed by atoms with Crippen molar-refractivity contribution in [3.8, 4) is 0 Å². The van der Waals surface area contributed by atoms with Crippen LogP contribution in [0.2, 0.25) is 0 Å². The highest BCUT2D eigenvalue weighted by Crippen LogP contribution is 2.52. The maximum absolute atomic E-state index is 13.4. The van der Waals surface area contributed by atoms with Crippen molar-refractivity contribution in [3.05, 3.63) is 108 Å². The number of rotatable bonds is 6. The van der Waals surface area contributed by atoms with E-state index in [2.05, 4.69) is 0 Å². The predicted octanol–water partition coefficient (Wildman–Crippen LogP) is 4.64. The van der Waals surface area contributed by atoms with Crippen LogP contribution in [0.5, 0.6) is 0 Å². The van der Waals surface area contributed by atoms with Gasteiger partial charge in [-0.1, -0.05) is 91.0 Å². The molecule has 3 aromatic rings. The quantitative estimate of drug-likeness (QED) is 0.407. The number of hydroxylamine groups is 2. The van der Waals surface area contributed by atoms with Crippen molar-refractivity contribution >= 4 is 11.9 Å². The third-order valence-corrected chi connectivity index (χ3v) is 6.09. The lowest BCUT2D eigenvalue weighted by molar-refractivity contribution is -0.294. The number of benzene rings is 3. The molecule has 1 aliphatic rings. The SMILES string of the molecule is COC(=O)C1(C(=O)OC)C[C@H](c2ccccc2)ON(Cc2ccccc2)[C@@H]1c1ccccc1. The zero-order chi connectivity index (χ0) is 23.3. The minimum atomic E-state index is -1.63. The Morgan fingerprint density at radius 2 is 1.30 bits per heavy atom. The fraction of sp³-hybridized carbons (Fsp3) is 0.259. The average molecular weight is 446 g/mol. The predicted molar refractivity (Wildman–Crippen MR) is 123 cm³/mol. The van der Waals surface area contributed by atoms with Gasteiger partial charge in [0.15, 0.2) is 5.41 Å². The zero-order valence-electron chi connectivity index (χ0n) is 18.7. The van der Waals surface area contributed by atoms with Crippen LogP contribution in [0.1, 0.15) is 35.3 Å². The van der Waals surface area contributed by atoms with E-state index in [1.807, 2.05) is 91.0 Å². The van der Waals surface area contributed by atoms with Gasteiger partial charge in [0.2, 0.25) is 0 Å². The fourth-order valence-electron chi connectivity index (χ4n) is 4.57. The van der Waals surface area contributed by atoms with Crippen LogP contribution in [0.3, 0.4) is 0 Å². The second-order valence-corrected chi connectivity index (χ2v) is 8.04. The van der Waals surface area contributed by atoms with Crippen molar-refractivity contribution < 1.29 is 23.9 Å². The molecule has 0 amide bonds. The summed E-state index contributed by atoms with van der Waals surface area (Å²) in [6.45, 7) is 0.361. The van der Waals surface area contributed by atoms with Gasteiger partial charge in [-0.15, -0.1) is 0 Å². The first-order valence-corrected chi connectivity index (χ1v) is 10.8. The van der Waals surface area contributed by atoms with Gasteiger partial charge in [0.25, 0.3) is 0 Å². The molecule has 0 radical (unpaired) electrons. The molecule has 4 rings (SSSR count). The van der Waals surface area contributed by atoms with Crippen LogP contribution in [-0.2, 0) is 30.4 Å². The molecule has 2 atom stereocenters. The van der Waals surface area contributed by atoms with E-state index in [1.54, 1.807) is 5.06 Å². The maximum Gasteiger partial charge on any atom is 0.325 e. The number of esters is 2. The minimum Gasteiger partial charge on any atom is -0.468 e. The van der Waals surface area contributed by atoms with Crippen molar-refractivity contribution in [1.82, 2.24) is 5.06 Å². The molecule has 1 aliphatic heterocycles. The second-order valence-electron chi connectivity index (χ2n) is 8.04. The third-order valence-electron chi connectivity index (χ3n) is 6.09. The van der Waals surface area contributed by atoms with Crippen LogP contribution in [0, 0.1) is 5.41 Å². The lowest BCUT2D eigenvalue weighted by Crippen LogP contribution is -2.56. The normalized spacial score (nSPS) is 20.1. The summed E-state index contributed by atoms with van der Waals surface area (Å²) in [5.41, 5.74) is 0.976. The average Bonchev–Trinajstić information content (AvgIpc) is 2.88. The summed E-state index contributed by atoms with van der Waals surface area (Å²) in [7, 11) is 2.59. The van der Waals surface area contributed by atoms with Crippen molar-refractivity contribution in [2.45, 2.75) is 25.1 Å². The first-order chi connectivity index (χ1) is 16.1. The summed E-state index contributed by atoms with van der Waals surface area (Å²) in [6, 6.07) is 28.0. The fourth-order valence-corrected chi connectivity index (χ4v) is 4.57. The van der Waals surface area contributed by atoms with E-state index in [-0.39, 0.29) is 6.42 Å². The molecule has 0 unspecified atom stereocenters. The Balaban J connectivity index is 1.90. The summed E-state index contributed by atoms with van der Waals surface area (Å²) in [5, 5.41) is 1.72. The molecule has 3 aromatic carbocycles. The van der Waals surface area contributed by atoms with Gasteiger partial charge in [0, 0.05) is 13.0 Å². The number of nitrogens with zero attached hydrogens (tertiary/aromatic N) is 1. The summed E-state index contributed by atoms with van der Waals surface area (Å²) in [5.74, 6) is -1.30. The Labute approximate surface area is 193 Å². The number of carbonyl (C=O) groups excluding carboxylic acids is 2. The molecule has 6 heteroatoms. The van der Waals surface area contributed by atoms with Gasteiger partial charge in [-0.3, -0.25) is 14.4 Å². The molecule has 6 nitrogen and oxygen atoms in total. The van der Waals surface area contributed by atoms with Crippen LogP contribution in [0.15, 0.2) is 91.0 Å². The molecule has 0 bridgehead atoms. The van der Waals surface area contributed by atoms with Gasteiger partial charge in [-0.2, -0.15) is 5.06 Å². The van der Waals surface area contributed by atoms with Crippen molar-refractivity contribution in [2.24, 2.45) is 5.41 Å². The Morgan fingerprint density at radius 1 is 0.818 bits per heavy atom.